The van der Waals surface area contributed by atoms with Crippen LogP contribution in [0.2, 0.25) is 0 Å². The summed E-state index contributed by atoms with van der Waals surface area (Å²) in [4.78, 5) is 11.9. The number of anilines is 1. The molecule has 1 fully saturated rings. The van der Waals surface area contributed by atoms with E-state index >= 15 is 0 Å². The van der Waals surface area contributed by atoms with Crippen molar-refractivity contribution in [3.63, 3.8) is 0 Å². The molecule has 144 valence electrons. The van der Waals surface area contributed by atoms with Crippen LogP contribution in [0.15, 0.2) is 12.1 Å². The molecule has 3 rings (SSSR count). The molecule has 0 aromatic heterocycles. The minimum absolute atomic E-state index is 0.0413. The molecule has 2 atom stereocenters. The van der Waals surface area contributed by atoms with Gasteiger partial charge in [-0.3, -0.25) is 13.7 Å². The average molecular weight is 381 g/mol. The Kier molecular flexibility index (Phi) is 5.69. The Bertz CT molecular complexity index is 720. The monoisotopic (exact) mass is 380 g/mol. The van der Waals surface area contributed by atoms with E-state index in [0.29, 0.717) is 36.5 Å². The molecule has 1 aliphatic heterocycles. The molecular weight excluding hydrogens is 352 g/mol. The summed E-state index contributed by atoms with van der Waals surface area (Å²) in [6, 6.07) is 4.03. The Balaban J connectivity index is 1.78. The Morgan fingerprint density at radius 3 is 2.81 bits per heavy atom. The average Bonchev–Trinajstić information content (AvgIpc) is 2.72. The number of carbonyl (C=O) groups is 1. The number of hydrogen-bond donors (Lipinski definition) is 3. The van der Waals surface area contributed by atoms with Crippen molar-refractivity contribution in [2.75, 3.05) is 10.8 Å². The summed E-state index contributed by atoms with van der Waals surface area (Å²) in [6.45, 7) is 5.08. The van der Waals surface area contributed by atoms with Crippen LogP contribution >= 0.6 is 0 Å². The molecule has 7 heteroatoms. The molecular formula is C19H28N2O4S. The van der Waals surface area contributed by atoms with Crippen LogP contribution < -0.4 is 9.62 Å². The first-order valence-corrected chi connectivity index (χ1v) is 10.3. The maximum absolute atomic E-state index is 11.9. The molecule has 26 heavy (non-hydrogen) atoms. The molecule has 1 saturated carbocycles. The lowest BCUT2D eigenvalue weighted by Gasteiger charge is -2.35. The summed E-state index contributed by atoms with van der Waals surface area (Å²) in [6.07, 6.45) is 5.56. The Morgan fingerprint density at radius 2 is 2.12 bits per heavy atom. The topological polar surface area (TPSA) is 89.9 Å². The minimum Gasteiger partial charge on any atom is -0.506 e. The van der Waals surface area contributed by atoms with Crippen molar-refractivity contribution >= 4 is 22.7 Å². The van der Waals surface area contributed by atoms with Crippen molar-refractivity contribution < 1.29 is 18.7 Å². The van der Waals surface area contributed by atoms with Crippen molar-refractivity contribution in [3.8, 4) is 5.75 Å². The lowest BCUT2D eigenvalue weighted by Crippen LogP contribution is -2.36. The molecule has 1 heterocycles. The second kappa shape index (κ2) is 7.66. The number of aryl methyl sites for hydroxylation is 1. The maximum atomic E-state index is 11.9. The van der Waals surface area contributed by atoms with Crippen LogP contribution in [0, 0.1) is 5.41 Å². The number of nitrogens with zero attached hydrogens (tertiary/aromatic N) is 1. The Labute approximate surface area is 157 Å². The van der Waals surface area contributed by atoms with Gasteiger partial charge >= 0.3 is 0 Å². The van der Waals surface area contributed by atoms with E-state index in [0.717, 1.165) is 28.3 Å². The number of nitrogens with one attached hydrogen (secondary N) is 1. The normalized spacial score (nSPS) is 24.0. The second-order valence-corrected chi connectivity index (χ2v) is 9.17. The van der Waals surface area contributed by atoms with Crippen molar-refractivity contribution in [1.29, 1.82) is 0 Å². The van der Waals surface area contributed by atoms with Gasteiger partial charge in [0.1, 0.15) is 5.75 Å². The van der Waals surface area contributed by atoms with Crippen LogP contribution in [0.3, 0.4) is 0 Å². The molecule has 1 aromatic carbocycles. The number of fused-ring (bicyclic) bond motifs is 1. The Hall–Kier alpha value is -1.44. The zero-order valence-corrected chi connectivity index (χ0v) is 16.3. The highest BCUT2D eigenvalue weighted by Crippen LogP contribution is 2.37. The molecule has 3 N–H and O–H groups in total. The van der Waals surface area contributed by atoms with E-state index in [1.807, 2.05) is 6.07 Å². The minimum atomic E-state index is -2.34. The van der Waals surface area contributed by atoms with Crippen LogP contribution in [0.1, 0.15) is 57.1 Å². The molecule has 0 saturated heterocycles. The van der Waals surface area contributed by atoms with Crippen molar-refractivity contribution in [1.82, 2.24) is 5.32 Å². The van der Waals surface area contributed by atoms with Crippen molar-refractivity contribution in [2.24, 2.45) is 5.41 Å². The van der Waals surface area contributed by atoms with Crippen LogP contribution in [-0.2, 0) is 29.0 Å². The van der Waals surface area contributed by atoms with Gasteiger partial charge in [0.2, 0.25) is 0 Å². The summed E-state index contributed by atoms with van der Waals surface area (Å²) in [5.41, 5.74) is 2.35. The first-order valence-electron chi connectivity index (χ1n) is 9.23. The van der Waals surface area contributed by atoms with Gasteiger partial charge in [0.15, 0.2) is 5.78 Å². The molecule has 1 aliphatic carbocycles. The number of ketones is 1. The van der Waals surface area contributed by atoms with Gasteiger partial charge in [-0.25, -0.2) is 4.21 Å². The van der Waals surface area contributed by atoms with E-state index in [1.54, 1.807) is 6.07 Å². The predicted octanol–water partition coefficient (Wildman–Crippen LogP) is 2.91. The van der Waals surface area contributed by atoms with E-state index in [2.05, 4.69) is 19.2 Å². The van der Waals surface area contributed by atoms with Crippen molar-refractivity contribution in [2.45, 2.75) is 65.0 Å². The highest BCUT2D eigenvalue weighted by Gasteiger charge is 2.29. The quantitative estimate of drug-likeness (QED) is 0.699. The standard InChI is InChI=1S/C19H28N2O4S/c1-19(2)7-3-4-15(10-19)20-11-13-8-14-5-6-16(22)12-21(26(24)25)18(14)17(23)9-13/h8-9,15,20,23H,3-7,10-12H2,1-2H3,(H,24,25)/t15-/m1/s1. The van der Waals surface area contributed by atoms with Gasteiger partial charge in [0.05, 0.1) is 12.2 Å². The summed E-state index contributed by atoms with van der Waals surface area (Å²) in [5, 5.41) is 14.0. The largest absolute Gasteiger partial charge is 0.506 e. The summed E-state index contributed by atoms with van der Waals surface area (Å²) < 4.78 is 22.2. The van der Waals surface area contributed by atoms with Gasteiger partial charge in [-0.1, -0.05) is 26.3 Å². The fourth-order valence-electron chi connectivity index (χ4n) is 4.18. The number of phenols is 1. The molecule has 0 bridgehead atoms. The third-order valence-electron chi connectivity index (χ3n) is 5.46. The van der Waals surface area contributed by atoms with Gasteiger partial charge < -0.3 is 10.4 Å². The third kappa shape index (κ3) is 4.45. The van der Waals surface area contributed by atoms with Crippen LogP contribution in [0.25, 0.3) is 0 Å². The van der Waals surface area contributed by atoms with Crippen LogP contribution in [0.4, 0.5) is 5.69 Å². The summed E-state index contributed by atoms with van der Waals surface area (Å²) in [5.74, 6) is -0.146. The number of hydrogen-bond acceptors (Lipinski definition) is 4. The molecule has 0 amide bonds. The molecule has 1 unspecified atom stereocenters. The van der Waals surface area contributed by atoms with E-state index < -0.39 is 11.3 Å². The number of benzene rings is 1. The van der Waals surface area contributed by atoms with Crippen LogP contribution in [0.5, 0.6) is 5.75 Å². The number of aromatic hydroxyl groups is 1. The zero-order chi connectivity index (χ0) is 18.9. The molecule has 0 spiro atoms. The van der Waals surface area contributed by atoms with E-state index in [9.17, 15) is 18.7 Å². The number of phenolic OH excluding ortho intramolecular Hbond substituents is 1. The number of carbonyl (C=O) groups excluding carboxylic acids is 1. The molecule has 2 aliphatic rings. The van der Waals surface area contributed by atoms with E-state index in [1.165, 1.54) is 12.8 Å². The van der Waals surface area contributed by atoms with Gasteiger partial charge in [0.25, 0.3) is 11.3 Å². The van der Waals surface area contributed by atoms with Crippen molar-refractivity contribution in [3.05, 3.63) is 23.3 Å². The van der Waals surface area contributed by atoms with E-state index in [4.69, 9.17) is 0 Å². The van der Waals surface area contributed by atoms with Gasteiger partial charge in [-0.2, -0.15) is 0 Å². The Morgan fingerprint density at radius 1 is 1.35 bits per heavy atom. The predicted molar refractivity (Wildman–Crippen MR) is 102 cm³/mol. The number of Topliss-reactive ketones (excluding diaryl/α,β-unsaturated/α-hetero) is 1. The molecule has 1 aromatic rings. The second-order valence-electron chi connectivity index (χ2n) is 8.27. The lowest BCUT2D eigenvalue weighted by atomic mass is 9.75. The summed E-state index contributed by atoms with van der Waals surface area (Å²) in [7, 11) is 0. The van der Waals surface area contributed by atoms with E-state index in [-0.39, 0.29) is 18.1 Å². The lowest BCUT2D eigenvalue weighted by molar-refractivity contribution is -0.117. The smallest absolute Gasteiger partial charge is 0.262 e. The maximum Gasteiger partial charge on any atom is 0.262 e. The first-order chi connectivity index (χ1) is 12.2. The fourth-order valence-corrected chi connectivity index (χ4v) is 4.80. The van der Waals surface area contributed by atoms with Gasteiger partial charge in [-0.15, -0.1) is 0 Å². The number of rotatable bonds is 4. The zero-order valence-electron chi connectivity index (χ0n) is 15.5. The highest BCUT2D eigenvalue weighted by molar-refractivity contribution is 7.80. The summed E-state index contributed by atoms with van der Waals surface area (Å²) >= 11 is -2.34. The molecule has 6 nitrogen and oxygen atoms in total. The third-order valence-corrected chi connectivity index (χ3v) is 6.15. The SMILES string of the molecule is CC1(C)CCC[C@@H](NCc2cc(O)c3c(c2)CCC(=O)CN3S(=O)O)C1. The highest BCUT2D eigenvalue weighted by atomic mass is 32.2. The fraction of sp³-hybridized carbons (Fsp3) is 0.632. The van der Waals surface area contributed by atoms with Gasteiger partial charge in [-0.05, 0) is 48.3 Å². The van der Waals surface area contributed by atoms with Crippen LogP contribution in [-0.4, -0.2) is 32.2 Å². The molecule has 0 radical (unpaired) electrons. The first kappa shape index (κ1) is 19.3. The van der Waals surface area contributed by atoms with Gasteiger partial charge in [0, 0.05) is 19.0 Å².